The van der Waals surface area contributed by atoms with Crippen molar-refractivity contribution in [3.8, 4) is 6.01 Å². The third-order valence-electron chi connectivity index (χ3n) is 1.77. The molecule has 0 aromatic carbocycles. The van der Waals surface area contributed by atoms with Gasteiger partial charge in [0.1, 0.15) is 6.61 Å². The Morgan fingerprint density at radius 1 is 1.36 bits per heavy atom. The highest BCUT2D eigenvalue weighted by Gasteiger charge is 2.03. The molecule has 0 amide bonds. The normalized spacial score (nSPS) is 10.6. The van der Waals surface area contributed by atoms with Crippen molar-refractivity contribution in [3.63, 3.8) is 0 Å². The molecule has 4 heteroatoms. The Hall–Kier alpha value is -1.16. The van der Waals surface area contributed by atoms with Crippen molar-refractivity contribution in [2.24, 2.45) is 0 Å². The van der Waals surface area contributed by atoms with Crippen LogP contribution in [0.1, 0.15) is 25.5 Å². The van der Waals surface area contributed by atoms with Crippen LogP contribution < -0.4 is 4.74 Å². The molecule has 0 N–H and O–H groups in total. The summed E-state index contributed by atoms with van der Waals surface area (Å²) in [4.78, 5) is 8.26. The highest BCUT2D eigenvalue weighted by Crippen LogP contribution is 2.12. The van der Waals surface area contributed by atoms with Crippen LogP contribution in [-0.4, -0.2) is 30.3 Å². The van der Waals surface area contributed by atoms with E-state index < -0.39 is 0 Å². The molecular formula is C10H16N2O2. The molecule has 0 atom stereocenters. The highest BCUT2D eigenvalue weighted by molar-refractivity contribution is 5.08. The lowest BCUT2D eigenvalue weighted by atomic mass is 10.1. The summed E-state index contributed by atoms with van der Waals surface area (Å²) in [6.07, 6.45) is 1.71. The van der Waals surface area contributed by atoms with E-state index in [4.69, 9.17) is 9.47 Å². The van der Waals surface area contributed by atoms with E-state index in [-0.39, 0.29) is 0 Å². The molecule has 1 aromatic heterocycles. The molecule has 78 valence electrons. The van der Waals surface area contributed by atoms with E-state index in [1.807, 2.05) is 6.07 Å². The van der Waals surface area contributed by atoms with Gasteiger partial charge < -0.3 is 9.47 Å². The molecule has 1 aromatic rings. The lowest BCUT2D eigenvalue weighted by Gasteiger charge is -2.06. The van der Waals surface area contributed by atoms with Crippen molar-refractivity contribution in [2.45, 2.75) is 19.8 Å². The van der Waals surface area contributed by atoms with Crippen LogP contribution >= 0.6 is 0 Å². The maximum absolute atomic E-state index is 5.29. The fraction of sp³-hybridized carbons (Fsp3) is 0.600. The largest absolute Gasteiger partial charge is 0.461 e. The Kier molecular flexibility index (Phi) is 4.32. The molecule has 0 aliphatic rings. The van der Waals surface area contributed by atoms with E-state index in [0.29, 0.717) is 25.1 Å². The van der Waals surface area contributed by atoms with Gasteiger partial charge in [-0.2, -0.15) is 0 Å². The smallest absolute Gasteiger partial charge is 0.316 e. The van der Waals surface area contributed by atoms with Gasteiger partial charge in [0.2, 0.25) is 0 Å². The summed E-state index contributed by atoms with van der Waals surface area (Å²) in [5.74, 6) is 0.391. The number of hydrogen-bond acceptors (Lipinski definition) is 4. The van der Waals surface area contributed by atoms with Crippen LogP contribution in [0.3, 0.4) is 0 Å². The second-order valence-corrected chi connectivity index (χ2v) is 3.26. The maximum Gasteiger partial charge on any atom is 0.316 e. The van der Waals surface area contributed by atoms with Gasteiger partial charge in [0, 0.05) is 13.3 Å². The number of aromatic nitrogens is 2. The van der Waals surface area contributed by atoms with Crippen LogP contribution in [0.5, 0.6) is 6.01 Å². The molecule has 0 fully saturated rings. The van der Waals surface area contributed by atoms with E-state index in [1.54, 1.807) is 13.3 Å². The van der Waals surface area contributed by atoms with Crippen LogP contribution in [0.2, 0.25) is 0 Å². The zero-order valence-corrected chi connectivity index (χ0v) is 8.86. The van der Waals surface area contributed by atoms with Gasteiger partial charge in [-0.25, -0.2) is 9.97 Å². The average Bonchev–Trinajstić information content (AvgIpc) is 2.19. The number of nitrogens with zero attached hydrogens (tertiary/aromatic N) is 2. The Labute approximate surface area is 84.3 Å². The highest BCUT2D eigenvalue weighted by atomic mass is 16.5. The SMILES string of the molecule is COCCOc1nccc(C(C)C)n1. The molecule has 0 unspecified atom stereocenters. The van der Waals surface area contributed by atoms with Crippen LogP contribution in [0.4, 0.5) is 0 Å². The third-order valence-corrected chi connectivity index (χ3v) is 1.77. The summed E-state index contributed by atoms with van der Waals surface area (Å²) >= 11 is 0. The molecule has 0 aliphatic heterocycles. The van der Waals surface area contributed by atoms with Gasteiger partial charge in [-0.15, -0.1) is 0 Å². The van der Waals surface area contributed by atoms with E-state index in [0.717, 1.165) is 5.69 Å². The zero-order chi connectivity index (χ0) is 10.4. The van der Waals surface area contributed by atoms with Crippen molar-refractivity contribution >= 4 is 0 Å². The van der Waals surface area contributed by atoms with Crippen LogP contribution in [0, 0.1) is 0 Å². The van der Waals surface area contributed by atoms with E-state index in [1.165, 1.54) is 0 Å². The van der Waals surface area contributed by atoms with Crippen LogP contribution in [-0.2, 0) is 4.74 Å². The van der Waals surface area contributed by atoms with Crippen molar-refractivity contribution in [1.29, 1.82) is 0 Å². The monoisotopic (exact) mass is 196 g/mol. The molecule has 1 rings (SSSR count). The molecule has 0 aliphatic carbocycles. The first kappa shape index (κ1) is 10.9. The molecule has 0 bridgehead atoms. The minimum Gasteiger partial charge on any atom is -0.461 e. The summed E-state index contributed by atoms with van der Waals surface area (Å²) in [6.45, 7) is 5.20. The third kappa shape index (κ3) is 3.30. The lowest BCUT2D eigenvalue weighted by Crippen LogP contribution is -2.07. The fourth-order valence-corrected chi connectivity index (χ4v) is 0.961. The van der Waals surface area contributed by atoms with Crippen molar-refractivity contribution < 1.29 is 9.47 Å². The summed E-state index contributed by atoms with van der Waals surface area (Å²) in [5.41, 5.74) is 0.993. The summed E-state index contributed by atoms with van der Waals surface area (Å²) in [5, 5.41) is 0. The van der Waals surface area contributed by atoms with Crippen molar-refractivity contribution in [3.05, 3.63) is 18.0 Å². The molecule has 0 radical (unpaired) electrons. The van der Waals surface area contributed by atoms with Crippen molar-refractivity contribution in [2.75, 3.05) is 20.3 Å². The van der Waals surface area contributed by atoms with Gasteiger partial charge in [-0.3, -0.25) is 0 Å². The first-order chi connectivity index (χ1) is 6.74. The predicted octanol–water partition coefficient (Wildman–Crippen LogP) is 1.63. The Balaban J connectivity index is 2.55. The zero-order valence-electron chi connectivity index (χ0n) is 8.86. The average molecular weight is 196 g/mol. The summed E-state index contributed by atoms with van der Waals surface area (Å²) in [6, 6.07) is 2.32. The standard InChI is InChI=1S/C10H16N2O2/c1-8(2)9-4-5-11-10(12-9)14-7-6-13-3/h4-5,8H,6-7H2,1-3H3. The number of methoxy groups -OCH3 is 1. The fourth-order valence-electron chi connectivity index (χ4n) is 0.961. The minimum absolute atomic E-state index is 0.391. The molecule has 0 saturated heterocycles. The first-order valence-electron chi connectivity index (χ1n) is 4.68. The molecule has 4 nitrogen and oxygen atoms in total. The number of rotatable bonds is 5. The summed E-state index contributed by atoms with van der Waals surface area (Å²) in [7, 11) is 1.63. The van der Waals surface area contributed by atoms with Gasteiger partial charge >= 0.3 is 6.01 Å². The van der Waals surface area contributed by atoms with Gasteiger partial charge in [-0.05, 0) is 12.0 Å². The summed E-state index contributed by atoms with van der Waals surface area (Å²) < 4.78 is 10.2. The van der Waals surface area contributed by atoms with Gasteiger partial charge in [-0.1, -0.05) is 13.8 Å². The van der Waals surface area contributed by atoms with Crippen LogP contribution in [0.25, 0.3) is 0 Å². The van der Waals surface area contributed by atoms with Gasteiger partial charge in [0.15, 0.2) is 0 Å². The second-order valence-electron chi connectivity index (χ2n) is 3.26. The van der Waals surface area contributed by atoms with Crippen molar-refractivity contribution in [1.82, 2.24) is 9.97 Å². The molecule has 1 heterocycles. The second kappa shape index (κ2) is 5.54. The first-order valence-corrected chi connectivity index (χ1v) is 4.68. The molecule has 0 saturated carbocycles. The Bertz CT molecular complexity index is 277. The number of hydrogen-bond donors (Lipinski definition) is 0. The lowest BCUT2D eigenvalue weighted by molar-refractivity contribution is 0.140. The Morgan fingerprint density at radius 3 is 2.79 bits per heavy atom. The van der Waals surface area contributed by atoms with E-state index >= 15 is 0 Å². The number of ether oxygens (including phenoxy) is 2. The quantitative estimate of drug-likeness (QED) is 0.671. The van der Waals surface area contributed by atoms with Crippen LogP contribution in [0.15, 0.2) is 12.3 Å². The topological polar surface area (TPSA) is 44.2 Å². The van der Waals surface area contributed by atoms with E-state index in [9.17, 15) is 0 Å². The maximum atomic E-state index is 5.29. The molecular weight excluding hydrogens is 180 g/mol. The van der Waals surface area contributed by atoms with Gasteiger partial charge in [0.25, 0.3) is 0 Å². The van der Waals surface area contributed by atoms with E-state index in [2.05, 4.69) is 23.8 Å². The molecule has 0 spiro atoms. The van der Waals surface area contributed by atoms with Gasteiger partial charge in [0.05, 0.1) is 12.3 Å². The molecule has 14 heavy (non-hydrogen) atoms. The Morgan fingerprint density at radius 2 is 2.14 bits per heavy atom. The predicted molar refractivity (Wildman–Crippen MR) is 53.5 cm³/mol. The minimum atomic E-state index is 0.391.